The van der Waals surface area contributed by atoms with Crippen LogP contribution in [0.2, 0.25) is 0 Å². The molecular weight excluding hydrogens is 274 g/mol. The smallest absolute Gasteiger partial charge is 0.228 e. The van der Waals surface area contributed by atoms with Gasteiger partial charge >= 0.3 is 0 Å². The molecule has 4 heteroatoms. The Labute approximate surface area is 129 Å². The SMILES string of the molecule is Cc1ccccc1CC(=O)Nc1cccn2c(C)c(C)nc12. The molecule has 2 heterocycles. The fraction of sp³-hybridized carbons (Fsp3) is 0.222. The second-order valence-corrected chi connectivity index (χ2v) is 5.55. The molecule has 0 saturated carbocycles. The van der Waals surface area contributed by atoms with Gasteiger partial charge in [-0.25, -0.2) is 4.98 Å². The summed E-state index contributed by atoms with van der Waals surface area (Å²) >= 11 is 0. The highest BCUT2D eigenvalue weighted by Gasteiger charge is 2.11. The molecule has 2 aromatic heterocycles. The van der Waals surface area contributed by atoms with Crippen LogP contribution >= 0.6 is 0 Å². The lowest BCUT2D eigenvalue weighted by Gasteiger charge is -2.08. The summed E-state index contributed by atoms with van der Waals surface area (Å²) in [6, 6.07) is 11.7. The van der Waals surface area contributed by atoms with Crippen molar-refractivity contribution in [2.24, 2.45) is 0 Å². The van der Waals surface area contributed by atoms with E-state index in [0.717, 1.165) is 33.8 Å². The van der Waals surface area contributed by atoms with Crippen molar-refractivity contribution in [3.8, 4) is 0 Å². The van der Waals surface area contributed by atoms with Gasteiger partial charge in [0.1, 0.15) is 0 Å². The summed E-state index contributed by atoms with van der Waals surface area (Å²) in [4.78, 5) is 16.9. The summed E-state index contributed by atoms with van der Waals surface area (Å²) in [5.74, 6) is -0.0271. The van der Waals surface area contributed by atoms with Crippen LogP contribution in [0.4, 0.5) is 5.69 Å². The maximum atomic E-state index is 12.3. The van der Waals surface area contributed by atoms with E-state index in [1.54, 1.807) is 0 Å². The maximum absolute atomic E-state index is 12.3. The van der Waals surface area contributed by atoms with Crippen LogP contribution < -0.4 is 5.32 Å². The number of anilines is 1. The van der Waals surface area contributed by atoms with Gasteiger partial charge in [0.05, 0.1) is 17.8 Å². The molecule has 4 nitrogen and oxygen atoms in total. The molecule has 3 rings (SSSR count). The molecule has 0 saturated heterocycles. The molecule has 1 amide bonds. The average Bonchev–Trinajstić information content (AvgIpc) is 2.78. The largest absolute Gasteiger partial charge is 0.323 e. The number of aryl methyl sites for hydroxylation is 3. The highest BCUT2D eigenvalue weighted by Crippen LogP contribution is 2.19. The second-order valence-electron chi connectivity index (χ2n) is 5.55. The van der Waals surface area contributed by atoms with E-state index in [1.807, 2.05) is 67.8 Å². The van der Waals surface area contributed by atoms with Crippen molar-refractivity contribution in [2.45, 2.75) is 27.2 Å². The molecule has 0 radical (unpaired) electrons. The van der Waals surface area contributed by atoms with Crippen molar-refractivity contribution in [1.29, 1.82) is 0 Å². The van der Waals surface area contributed by atoms with E-state index in [1.165, 1.54) is 0 Å². The third kappa shape index (κ3) is 2.60. The van der Waals surface area contributed by atoms with Crippen molar-refractivity contribution in [3.63, 3.8) is 0 Å². The van der Waals surface area contributed by atoms with E-state index in [4.69, 9.17) is 0 Å². The van der Waals surface area contributed by atoms with Crippen LogP contribution in [-0.4, -0.2) is 15.3 Å². The van der Waals surface area contributed by atoms with E-state index in [0.29, 0.717) is 6.42 Å². The van der Waals surface area contributed by atoms with Gasteiger partial charge in [0.15, 0.2) is 5.65 Å². The standard InChI is InChI=1S/C18H19N3O/c1-12-7-4-5-8-15(12)11-17(22)20-16-9-6-10-21-14(3)13(2)19-18(16)21/h4-10H,11H2,1-3H3,(H,20,22). The van der Waals surface area contributed by atoms with E-state index in [-0.39, 0.29) is 5.91 Å². The van der Waals surface area contributed by atoms with Gasteiger partial charge in [-0.15, -0.1) is 0 Å². The van der Waals surface area contributed by atoms with Gasteiger partial charge in [0.2, 0.25) is 5.91 Å². The number of nitrogens with one attached hydrogen (secondary N) is 1. The zero-order valence-corrected chi connectivity index (χ0v) is 13.1. The van der Waals surface area contributed by atoms with Crippen molar-refractivity contribution in [2.75, 3.05) is 5.32 Å². The molecule has 0 atom stereocenters. The molecule has 1 N–H and O–H groups in total. The number of carbonyl (C=O) groups is 1. The Hall–Kier alpha value is -2.62. The van der Waals surface area contributed by atoms with E-state index in [9.17, 15) is 4.79 Å². The predicted octanol–water partition coefficient (Wildman–Crippen LogP) is 3.44. The maximum Gasteiger partial charge on any atom is 0.228 e. The van der Waals surface area contributed by atoms with E-state index < -0.39 is 0 Å². The zero-order chi connectivity index (χ0) is 15.7. The number of carbonyl (C=O) groups excluding carboxylic acids is 1. The first kappa shape index (κ1) is 14.3. The number of aromatic nitrogens is 2. The quantitative estimate of drug-likeness (QED) is 0.804. The second kappa shape index (κ2) is 5.64. The Morgan fingerprint density at radius 3 is 2.68 bits per heavy atom. The molecular formula is C18H19N3O. The van der Waals surface area contributed by atoms with Gasteiger partial charge in [-0.3, -0.25) is 4.79 Å². The summed E-state index contributed by atoms with van der Waals surface area (Å²) in [7, 11) is 0. The Kier molecular flexibility index (Phi) is 3.67. The molecule has 0 aliphatic rings. The number of hydrogen-bond donors (Lipinski definition) is 1. The van der Waals surface area contributed by atoms with Gasteiger partial charge < -0.3 is 9.72 Å². The molecule has 0 bridgehead atoms. The first-order valence-electron chi connectivity index (χ1n) is 7.35. The topological polar surface area (TPSA) is 46.4 Å². The number of imidazole rings is 1. The number of amides is 1. The molecule has 0 unspecified atom stereocenters. The Morgan fingerprint density at radius 1 is 1.14 bits per heavy atom. The van der Waals surface area contributed by atoms with Crippen LogP contribution in [0, 0.1) is 20.8 Å². The van der Waals surface area contributed by atoms with Crippen LogP contribution in [0.25, 0.3) is 5.65 Å². The summed E-state index contributed by atoms with van der Waals surface area (Å²) in [6.07, 6.45) is 2.33. The van der Waals surface area contributed by atoms with Crippen LogP contribution in [0.15, 0.2) is 42.6 Å². The lowest BCUT2D eigenvalue weighted by molar-refractivity contribution is -0.115. The van der Waals surface area contributed by atoms with E-state index >= 15 is 0 Å². The third-order valence-electron chi connectivity index (χ3n) is 4.01. The fourth-order valence-electron chi connectivity index (χ4n) is 2.57. The highest BCUT2D eigenvalue weighted by atomic mass is 16.1. The molecule has 112 valence electrons. The van der Waals surface area contributed by atoms with Crippen molar-refractivity contribution < 1.29 is 4.79 Å². The van der Waals surface area contributed by atoms with Crippen LogP contribution in [0.1, 0.15) is 22.5 Å². The molecule has 0 aliphatic heterocycles. The average molecular weight is 293 g/mol. The first-order chi connectivity index (χ1) is 10.6. The molecule has 22 heavy (non-hydrogen) atoms. The summed E-state index contributed by atoms with van der Waals surface area (Å²) in [5, 5.41) is 2.98. The number of benzene rings is 1. The number of pyridine rings is 1. The number of rotatable bonds is 3. The summed E-state index contributed by atoms with van der Waals surface area (Å²) < 4.78 is 2.00. The first-order valence-corrected chi connectivity index (χ1v) is 7.35. The van der Waals surface area contributed by atoms with Crippen molar-refractivity contribution in [1.82, 2.24) is 9.38 Å². The van der Waals surface area contributed by atoms with Crippen molar-refractivity contribution in [3.05, 3.63) is 65.1 Å². The predicted molar refractivity (Wildman–Crippen MR) is 88.2 cm³/mol. The van der Waals surface area contributed by atoms with Gasteiger partial charge in [-0.2, -0.15) is 0 Å². The Bertz CT molecular complexity index is 849. The number of nitrogens with zero attached hydrogens (tertiary/aromatic N) is 2. The molecule has 3 aromatic rings. The highest BCUT2D eigenvalue weighted by molar-refractivity contribution is 5.95. The minimum absolute atomic E-state index is 0.0271. The summed E-state index contributed by atoms with van der Waals surface area (Å²) in [6.45, 7) is 6.01. The van der Waals surface area contributed by atoms with Crippen LogP contribution in [0.5, 0.6) is 0 Å². The Balaban J connectivity index is 1.86. The lowest BCUT2D eigenvalue weighted by Crippen LogP contribution is -2.15. The van der Waals surface area contributed by atoms with Crippen LogP contribution in [0.3, 0.4) is 0 Å². The number of fused-ring (bicyclic) bond motifs is 1. The zero-order valence-electron chi connectivity index (χ0n) is 13.1. The third-order valence-corrected chi connectivity index (χ3v) is 4.01. The minimum atomic E-state index is -0.0271. The Morgan fingerprint density at radius 2 is 1.91 bits per heavy atom. The van der Waals surface area contributed by atoms with Crippen molar-refractivity contribution >= 4 is 17.2 Å². The molecule has 0 fully saturated rings. The fourth-order valence-corrected chi connectivity index (χ4v) is 2.57. The molecule has 0 spiro atoms. The van der Waals surface area contributed by atoms with Crippen LogP contribution in [-0.2, 0) is 11.2 Å². The lowest BCUT2D eigenvalue weighted by atomic mass is 10.1. The monoisotopic (exact) mass is 293 g/mol. The number of hydrogen-bond acceptors (Lipinski definition) is 2. The summed E-state index contributed by atoms with van der Waals surface area (Å²) in [5.41, 5.74) is 5.77. The van der Waals surface area contributed by atoms with Gasteiger partial charge in [-0.05, 0) is 44.0 Å². The van der Waals surface area contributed by atoms with E-state index in [2.05, 4.69) is 10.3 Å². The van der Waals surface area contributed by atoms with Gasteiger partial charge in [-0.1, -0.05) is 24.3 Å². The minimum Gasteiger partial charge on any atom is -0.323 e. The van der Waals surface area contributed by atoms with Gasteiger partial charge in [0, 0.05) is 11.9 Å². The van der Waals surface area contributed by atoms with Gasteiger partial charge in [0.25, 0.3) is 0 Å². The normalized spacial score (nSPS) is 10.9. The molecule has 1 aromatic carbocycles. The molecule has 0 aliphatic carbocycles.